The Labute approximate surface area is 98.4 Å². The molecule has 0 aliphatic heterocycles. The minimum absolute atomic E-state index is 0.153. The second kappa shape index (κ2) is 4.52. The van der Waals surface area contributed by atoms with Crippen molar-refractivity contribution in [1.82, 2.24) is 0 Å². The van der Waals surface area contributed by atoms with Crippen molar-refractivity contribution >= 4 is 21.6 Å². The van der Waals surface area contributed by atoms with Crippen LogP contribution in [0.15, 0.2) is 18.2 Å². The molecule has 1 nitrogen and oxygen atoms in total. The second-order valence-corrected chi connectivity index (χ2v) is 4.48. The highest BCUT2D eigenvalue weighted by molar-refractivity contribution is 9.08. The number of hydrogen-bond acceptors (Lipinski definition) is 1. The quantitative estimate of drug-likeness (QED) is 0.755. The van der Waals surface area contributed by atoms with Gasteiger partial charge in [-0.1, -0.05) is 15.9 Å². The number of halogens is 2. The van der Waals surface area contributed by atoms with Crippen LogP contribution in [0.1, 0.15) is 25.3 Å². The highest BCUT2D eigenvalue weighted by atomic mass is 79.9. The van der Waals surface area contributed by atoms with E-state index in [0.717, 1.165) is 12.1 Å². The van der Waals surface area contributed by atoms with E-state index in [9.17, 15) is 4.39 Å². The lowest BCUT2D eigenvalue weighted by atomic mass is 10.1. The highest BCUT2D eigenvalue weighted by Gasteiger charge is 2.29. The summed E-state index contributed by atoms with van der Waals surface area (Å²) in [4.78, 5) is 2.37. The van der Waals surface area contributed by atoms with E-state index in [1.165, 1.54) is 18.5 Å². The van der Waals surface area contributed by atoms with Gasteiger partial charge in [-0.15, -0.1) is 0 Å². The largest absolute Gasteiger partial charge is 0.369 e. The van der Waals surface area contributed by atoms with Crippen molar-refractivity contribution in [2.45, 2.75) is 31.1 Å². The van der Waals surface area contributed by atoms with Crippen LogP contribution in [0.4, 0.5) is 10.1 Å². The van der Waals surface area contributed by atoms with Gasteiger partial charge in [-0.3, -0.25) is 0 Å². The Bertz CT molecular complexity index is 349. The molecule has 0 atom stereocenters. The molecule has 1 fully saturated rings. The van der Waals surface area contributed by atoms with Gasteiger partial charge < -0.3 is 4.90 Å². The van der Waals surface area contributed by atoms with Crippen LogP contribution < -0.4 is 4.90 Å². The van der Waals surface area contributed by atoms with Crippen LogP contribution in [-0.4, -0.2) is 12.6 Å². The Balaban J connectivity index is 2.32. The Morgan fingerprint density at radius 3 is 2.73 bits per heavy atom. The zero-order chi connectivity index (χ0) is 10.8. The third-order valence-electron chi connectivity index (χ3n) is 2.82. The molecule has 1 aliphatic carbocycles. The summed E-state index contributed by atoms with van der Waals surface area (Å²) in [5.41, 5.74) is 2.22. The van der Waals surface area contributed by atoms with Gasteiger partial charge in [0.15, 0.2) is 0 Å². The Hall–Kier alpha value is -0.570. The minimum Gasteiger partial charge on any atom is -0.369 e. The van der Waals surface area contributed by atoms with Crippen molar-refractivity contribution in [2.24, 2.45) is 0 Å². The molecular formula is C12H15BrFN. The Morgan fingerprint density at radius 2 is 2.20 bits per heavy atom. The third-order valence-corrected chi connectivity index (χ3v) is 3.43. The first kappa shape index (κ1) is 10.9. The number of rotatable bonds is 4. The van der Waals surface area contributed by atoms with Crippen molar-refractivity contribution in [3.63, 3.8) is 0 Å². The van der Waals surface area contributed by atoms with Crippen molar-refractivity contribution in [3.05, 3.63) is 29.6 Å². The van der Waals surface area contributed by atoms with Gasteiger partial charge >= 0.3 is 0 Å². The Morgan fingerprint density at radius 1 is 1.47 bits per heavy atom. The molecule has 0 spiro atoms. The fourth-order valence-corrected chi connectivity index (χ4v) is 2.40. The monoisotopic (exact) mass is 271 g/mol. The number of nitrogens with zero attached hydrogens (tertiary/aromatic N) is 1. The third kappa shape index (κ3) is 2.33. The van der Waals surface area contributed by atoms with Crippen molar-refractivity contribution < 1.29 is 4.39 Å². The number of hydrogen-bond donors (Lipinski definition) is 0. The standard InChI is InChI=1S/C12H15BrFN/c1-2-15(11-4-5-11)12-6-3-10(14)7-9(12)8-13/h3,6-7,11H,2,4-5,8H2,1H3. The van der Waals surface area contributed by atoms with Gasteiger partial charge in [0.05, 0.1) is 0 Å². The summed E-state index contributed by atoms with van der Waals surface area (Å²) >= 11 is 3.42. The van der Waals surface area contributed by atoms with Crippen molar-refractivity contribution in [2.75, 3.05) is 11.4 Å². The molecule has 0 unspecified atom stereocenters. The summed E-state index contributed by atoms with van der Waals surface area (Å²) in [5.74, 6) is -0.153. The molecule has 2 rings (SSSR count). The molecule has 1 aromatic carbocycles. The van der Waals surface area contributed by atoms with Crippen LogP contribution in [0.2, 0.25) is 0 Å². The van der Waals surface area contributed by atoms with E-state index in [1.807, 2.05) is 6.07 Å². The number of anilines is 1. The van der Waals surface area contributed by atoms with E-state index in [-0.39, 0.29) is 5.82 Å². The first-order chi connectivity index (χ1) is 7.26. The summed E-state index contributed by atoms with van der Waals surface area (Å²) in [7, 11) is 0. The van der Waals surface area contributed by atoms with Crippen LogP contribution in [0.5, 0.6) is 0 Å². The molecule has 1 aliphatic rings. The fourth-order valence-electron chi connectivity index (χ4n) is 1.95. The second-order valence-electron chi connectivity index (χ2n) is 3.92. The summed E-state index contributed by atoms with van der Waals surface area (Å²) in [5, 5.41) is 0.712. The molecule has 0 amide bonds. The molecule has 15 heavy (non-hydrogen) atoms. The molecule has 0 radical (unpaired) electrons. The molecule has 0 bridgehead atoms. The normalized spacial score (nSPS) is 15.4. The van der Waals surface area contributed by atoms with E-state index < -0.39 is 0 Å². The van der Waals surface area contributed by atoms with Crippen LogP contribution in [0, 0.1) is 5.82 Å². The zero-order valence-electron chi connectivity index (χ0n) is 8.84. The van der Waals surface area contributed by atoms with Gasteiger partial charge in [0.1, 0.15) is 5.82 Å². The maximum absolute atomic E-state index is 13.1. The van der Waals surface area contributed by atoms with Gasteiger partial charge in [0.25, 0.3) is 0 Å². The van der Waals surface area contributed by atoms with Gasteiger partial charge in [-0.25, -0.2) is 4.39 Å². The van der Waals surface area contributed by atoms with Gasteiger partial charge in [0, 0.05) is 23.6 Å². The number of alkyl halides is 1. The molecule has 1 saturated carbocycles. The van der Waals surface area contributed by atoms with Crippen LogP contribution in [-0.2, 0) is 5.33 Å². The maximum Gasteiger partial charge on any atom is 0.123 e. The van der Waals surface area contributed by atoms with Crippen molar-refractivity contribution in [1.29, 1.82) is 0 Å². The van der Waals surface area contributed by atoms with Crippen LogP contribution in [0.25, 0.3) is 0 Å². The van der Waals surface area contributed by atoms with Gasteiger partial charge in [0.2, 0.25) is 0 Å². The lowest BCUT2D eigenvalue weighted by molar-refractivity contribution is 0.626. The summed E-state index contributed by atoms with van der Waals surface area (Å²) in [6, 6.07) is 5.74. The first-order valence-electron chi connectivity index (χ1n) is 5.37. The topological polar surface area (TPSA) is 3.24 Å². The Kier molecular flexibility index (Phi) is 3.29. The van der Waals surface area contributed by atoms with E-state index in [1.54, 1.807) is 12.1 Å². The summed E-state index contributed by atoms with van der Waals surface area (Å²) < 4.78 is 13.1. The maximum atomic E-state index is 13.1. The minimum atomic E-state index is -0.153. The lowest BCUT2D eigenvalue weighted by Crippen LogP contribution is -2.26. The molecule has 1 aromatic rings. The molecular weight excluding hydrogens is 257 g/mol. The average Bonchev–Trinajstić information content (AvgIpc) is 3.05. The van der Waals surface area contributed by atoms with Crippen LogP contribution >= 0.6 is 15.9 Å². The number of benzene rings is 1. The van der Waals surface area contributed by atoms with Gasteiger partial charge in [-0.05, 0) is 43.5 Å². The molecule has 0 N–H and O–H groups in total. The lowest BCUT2D eigenvalue weighted by Gasteiger charge is -2.25. The predicted molar refractivity (Wildman–Crippen MR) is 65.1 cm³/mol. The highest BCUT2D eigenvalue weighted by Crippen LogP contribution is 2.34. The summed E-state index contributed by atoms with van der Waals surface area (Å²) in [6.07, 6.45) is 2.54. The van der Waals surface area contributed by atoms with E-state index in [4.69, 9.17) is 0 Å². The molecule has 0 heterocycles. The first-order valence-corrected chi connectivity index (χ1v) is 6.49. The summed E-state index contributed by atoms with van der Waals surface area (Å²) in [6.45, 7) is 3.15. The average molecular weight is 272 g/mol. The van der Waals surface area contributed by atoms with Crippen molar-refractivity contribution in [3.8, 4) is 0 Å². The van der Waals surface area contributed by atoms with Gasteiger partial charge in [-0.2, -0.15) is 0 Å². The zero-order valence-corrected chi connectivity index (χ0v) is 10.4. The molecule has 0 saturated heterocycles. The fraction of sp³-hybridized carbons (Fsp3) is 0.500. The molecule has 0 aromatic heterocycles. The molecule has 82 valence electrons. The smallest absolute Gasteiger partial charge is 0.123 e. The molecule has 3 heteroatoms. The predicted octanol–water partition coefficient (Wildman–Crippen LogP) is 3.71. The van der Waals surface area contributed by atoms with E-state index in [0.29, 0.717) is 11.4 Å². The van der Waals surface area contributed by atoms with Crippen LogP contribution in [0.3, 0.4) is 0 Å². The van der Waals surface area contributed by atoms with E-state index >= 15 is 0 Å². The van der Waals surface area contributed by atoms with E-state index in [2.05, 4.69) is 27.8 Å². The SMILES string of the molecule is CCN(c1ccc(F)cc1CBr)C1CC1.